The molecule has 2 aromatic carbocycles. The molecule has 1 heterocycles. The molecule has 6 unspecified atom stereocenters. The Morgan fingerprint density at radius 3 is 2.34 bits per heavy atom. The maximum absolute atomic E-state index is 14.8. The molecule has 64 heavy (non-hydrogen) atoms. The van der Waals surface area contributed by atoms with Gasteiger partial charge >= 0.3 is 0 Å². The van der Waals surface area contributed by atoms with Crippen molar-refractivity contribution >= 4 is 23.4 Å². The van der Waals surface area contributed by atoms with Gasteiger partial charge in [0.05, 0.1) is 44.7 Å². The third-order valence-electron chi connectivity index (χ3n) is 13.1. The second-order valence-corrected chi connectivity index (χ2v) is 18.6. The van der Waals surface area contributed by atoms with E-state index in [9.17, 15) is 20.1 Å². The average Bonchev–Trinajstić information content (AvgIpc) is 3.31. The van der Waals surface area contributed by atoms with Crippen LogP contribution in [-0.2, 0) is 19.1 Å². The minimum absolute atomic E-state index is 0.00608. The zero-order chi connectivity index (χ0) is 45.4. The van der Waals surface area contributed by atoms with Gasteiger partial charge in [-0.25, -0.2) is 0 Å². The minimum Gasteiger partial charge on any atom is -0.493 e. The molecule has 356 valence electrons. The monoisotopic (exact) mass is 907 g/mol. The van der Waals surface area contributed by atoms with E-state index in [4.69, 9.17) is 28.9 Å². The predicted octanol–water partition coefficient (Wildman–Crippen LogP) is 9.88. The van der Waals surface area contributed by atoms with Gasteiger partial charge in [-0.3, -0.25) is 4.79 Å². The molecule has 12 heteroatoms. The molecule has 2 aliphatic carbocycles. The van der Waals surface area contributed by atoms with E-state index >= 15 is 0 Å². The van der Waals surface area contributed by atoms with Crippen molar-refractivity contribution < 1.29 is 43.9 Å². The van der Waals surface area contributed by atoms with Crippen LogP contribution in [0.15, 0.2) is 82.9 Å². The fraction of sp³-hybridized carbons (Fsp3) is 0.654. The normalized spacial score (nSPS) is 22.9. The molecule has 2 aromatic rings. The quantitative estimate of drug-likeness (QED) is 0.0275. The van der Waals surface area contributed by atoms with Crippen molar-refractivity contribution in [3.05, 3.63) is 78.4 Å². The molecule has 0 bridgehead atoms. The first kappa shape index (κ1) is 51.6. The third-order valence-corrected chi connectivity index (χ3v) is 14.1. The third kappa shape index (κ3) is 14.3. The summed E-state index contributed by atoms with van der Waals surface area (Å²) in [5.41, 5.74) is 2.79. The van der Waals surface area contributed by atoms with Crippen LogP contribution < -0.4 is 9.47 Å². The summed E-state index contributed by atoms with van der Waals surface area (Å²) in [5.74, 6) is 0.611. The van der Waals surface area contributed by atoms with Crippen molar-refractivity contribution in [3.63, 3.8) is 0 Å². The number of hydrogen-bond acceptors (Lipinski definition) is 11. The molecule has 0 aromatic heterocycles. The second-order valence-electron chi connectivity index (χ2n) is 17.5. The number of hydrogen-bond donors (Lipinski definition) is 3. The molecule has 11 nitrogen and oxygen atoms in total. The van der Waals surface area contributed by atoms with Crippen molar-refractivity contribution in [1.29, 1.82) is 0 Å². The van der Waals surface area contributed by atoms with Gasteiger partial charge in [0.2, 0.25) is 11.7 Å². The number of unbranched alkanes of at least 4 members (excludes halogenated alkanes) is 10. The fourth-order valence-corrected chi connectivity index (χ4v) is 11.0. The number of aliphatic hydroxyl groups excluding tert-OH is 3. The highest BCUT2D eigenvalue weighted by molar-refractivity contribution is 7.99. The van der Waals surface area contributed by atoms with Crippen LogP contribution in [0.3, 0.4) is 0 Å². The molecule has 1 amide bonds. The zero-order valence-corrected chi connectivity index (χ0v) is 39.7. The number of rotatable bonds is 33. The first-order chi connectivity index (χ1) is 31.5. The number of nitrogens with zero attached hydrogens (tertiary/aromatic N) is 2. The van der Waals surface area contributed by atoms with Crippen molar-refractivity contribution in [2.75, 3.05) is 65.7 Å². The van der Waals surface area contributed by atoms with Crippen molar-refractivity contribution in [3.8, 4) is 11.5 Å². The number of carbonyl (C=O) groups excluding carboxylic acids is 1. The maximum atomic E-state index is 14.8. The van der Waals surface area contributed by atoms with E-state index in [1.165, 1.54) is 43.4 Å². The first-order valence-corrected chi connectivity index (χ1v) is 25.3. The summed E-state index contributed by atoms with van der Waals surface area (Å²) in [6.45, 7) is 7.84. The van der Waals surface area contributed by atoms with Gasteiger partial charge in [0.25, 0.3) is 0 Å². The molecule has 0 radical (unpaired) electrons. The molecule has 1 saturated carbocycles. The zero-order valence-electron chi connectivity index (χ0n) is 38.8. The summed E-state index contributed by atoms with van der Waals surface area (Å²) in [7, 11) is 1.57. The number of ether oxygens (including phenoxy) is 4. The Morgan fingerprint density at radius 1 is 0.906 bits per heavy atom. The van der Waals surface area contributed by atoms with E-state index in [0.29, 0.717) is 38.0 Å². The highest BCUT2D eigenvalue weighted by Gasteiger charge is 2.65. The summed E-state index contributed by atoms with van der Waals surface area (Å²) in [6.07, 6.45) is 20.0. The summed E-state index contributed by atoms with van der Waals surface area (Å²) in [6, 6.07) is 15.8. The number of fused-ring (bicyclic) bond motifs is 2. The summed E-state index contributed by atoms with van der Waals surface area (Å²) >= 11 is 1.76. The second kappa shape index (κ2) is 28.6. The smallest absolute Gasteiger partial charge is 0.239 e. The summed E-state index contributed by atoms with van der Waals surface area (Å²) in [5, 5.41) is 34.2. The Balaban J connectivity index is 1.57. The largest absolute Gasteiger partial charge is 0.493 e. The van der Waals surface area contributed by atoms with Crippen LogP contribution in [0.5, 0.6) is 11.5 Å². The Bertz CT molecular complexity index is 1730. The van der Waals surface area contributed by atoms with Gasteiger partial charge < -0.3 is 44.0 Å². The predicted molar refractivity (Wildman–Crippen MR) is 256 cm³/mol. The topological polar surface area (TPSA) is 140 Å². The molecule has 5 rings (SSSR count). The standard InChI is InChI=1S/C52H78N2O9S/c1-4-6-7-8-9-10-11-12-16-25-49(58)54(28-33-60-34-31-57)48-39-46(53-59-3)44-37-40(21-17-19-29-55)43(24-18-20-30-56)50-45-38-41(61-35-36-64-42-22-14-13-15-23-42)26-27-47(45)63-52(48,51(44)50)62-32-5-2/h5,13-15,22-23,26-27,37-38,40,43,48,50-51,55-57H,2,4,6-12,16-21,24-25,28-36,39H2,1,3H3. The number of amides is 1. The molecular formula is C52H78N2O9S. The summed E-state index contributed by atoms with van der Waals surface area (Å²) < 4.78 is 26.8. The molecular weight excluding hydrogens is 829 g/mol. The number of allylic oxidation sites excluding steroid dienone is 1. The molecule has 3 aliphatic rings. The summed E-state index contributed by atoms with van der Waals surface area (Å²) in [4.78, 5) is 23.5. The van der Waals surface area contributed by atoms with Crippen molar-refractivity contribution in [1.82, 2.24) is 4.90 Å². The van der Waals surface area contributed by atoms with Crippen molar-refractivity contribution in [2.45, 2.75) is 139 Å². The van der Waals surface area contributed by atoms with E-state index in [2.05, 4.69) is 37.8 Å². The highest BCUT2D eigenvalue weighted by Crippen LogP contribution is 2.62. The highest BCUT2D eigenvalue weighted by atomic mass is 32.2. The van der Waals surface area contributed by atoms with Crippen LogP contribution >= 0.6 is 11.8 Å². The van der Waals surface area contributed by atoms with Crippen LogP contribution in [0.4, 0.5) is 0 Å². The van der Waals surface area contributed by atoms with Crippen LogP contribution in [0.1, 0.15) is 128 Å². The number of benzene rings is 2. The Hall–Kier alpha value is -3.39. The van der Waals surface area contributed by atoms with Gasteiger partial charge in [-0.2, -0.15) is 0 Å². The minimum atomic E-state index is -1.34. The average molecular weight is 907 g/mol. The Morgan fingerprint density at radius 2 is 1.64 bits per heavy atom. The SMILES string of the molecule is C=CCOC12Oc3ccc(OCCSc4ccccc4)cc3C3C(CCCCO)C(CCCCO)C=C(C(=NOC)CC1N(CCOCCO)C(=O)CCCCCCCCCCC)C32. The molecule has 1 aliphatic heterocycles. The van der Waals surface area contributed by atoms with Gasteiger partial charge in [0.1, 0.15) is 24.7 Å². The van der Waals surface area contributed by atoms with E-state index in [1.54, 1.807) is 24.9 Å². The van der Waals surface area contributed by atoms with Crippen LogP contribution in [-0.4, -0.2) is 109 Å². The van der Waals surface area contributed by atoms with Gasteiger partial charge in [0, 0.05) is 54.7 Å². The lowest BCUT2D eigenvalue weighted by molar-refractivity contribution is -0.258. The number of oxime groups is 1. The molecule has 6 atom stereocenters. The molecule has 3 N–H and O–H groups in total. The van der Waals surface area contributed by atoms with Gasteiger partial charge in [-0.05, 0) is 79.8 Å². The molecule has 1 fully saturated rings. The van der Waals surface area contributed by atoms with Crippen LogP contribution in [0.25, 0.3) is 0 Å². The van der Waals surface area contributed by atoms with Crippen LogP contribution in [0, 0.1) is 17.8 Å². The number of carbonyl (C=O) groups is 1. The maximum Gasteiger partial charge on any atom is 0.239 e. The van der Waals surface area contributed by atoms with Gasteiger partial charge in [0.15, 0.2) is 0 Å². The van der Waals surface area contributed by atoms with E-state index in [-0.39, 0.29) is 69.8 Å². The van der Waals surface area contributed by atoms with E-state index in [0.717, 1.165) is 73.3 Å². The lowest BCUT2D eigenvalue weighted by Gasteiger charge is -2.60. The molecule has 0 spiro atoms. The van der Waals surface area contributed by atoms with Gasteiger partial charge in [-0.1, -0.05) is 107 Å². The van der Waals surface area contributed by atoms with E-state index in [1.807, 2.05) is 35.2 Å². The Labute approximate surface area is 388 Å². The lowest BCUT2D eigenvalue weighted by atomic mass is 9.55. The number of aliphatic hydroxyl groups is 3. The number of thioether (sulfide) groups is 1. The lowest BCUT2D eigenvalue weighted by Crippen LogP contribution is -2.70. The Kier molecular flexibility index (Phi) is 23.1. The van der Waals surface area contributed by atoms with Crippen LogP contribution in [0.2, 0.25) is 0 Å². The fourth-order valence-electron chi connectivity index (χ4n) is 10.2. The first-order valence-electron chi connectivity index (χ1n) is 24.4. The molecule has 0 saturated heterocycles. The van der Waals surface area contributed by atoms with Crippen molar-refractivity contribution in [2.24, 2.45) is 22.9 Å². The van der Waals surface area contributed by atoms with E-state index < -0.39 is 17.7 Å². The van der Waals surface area contributed by atoms with Gasteiger partial charge in [-0.15, -0.1) is 18.3 Å².